The Bertz CT molecular complexity index is 1310. The first-order valence-corrected chi connectivity index (χ1v) is 11.5. The van der Waals surface area contributed by atoms with E-state index >= 15 is 0 Å². The molecular weight excluding hydrogens is 550 g/mol. The number of anilines is 1. The zero-order chi connectivity index (χ0) is 24.0. The van der Waals surface area contributed by atoms with Crippen molar-refractivity contribution in [3.05, 3.63) is 97.4 Å². The van der Waals surface area contributed by atoms with Crippen LogP contribution in [0.1, 0.15) is 43.8 Å². The summed E-state index contributed by atoms with van der Waals surface area (Å²) in [6.45, 7) is 0.707. The molecule has 1 N–H and O–H groups in total. The molecule has 164 valence electrons. The summed E-state index contributed by atoms with van der Waals surface area (Å²) in [6, 6.07) is 21.5. The average Bonchev–Trinajstić information content (AvgIpc) is 2.84. The lowest BCUT2D eigenvalue weighted by Gasteiger charge is -2.29. The Labute approximate surface area is 207 Å². The van der Waals surface area contributed by atoms with E-state index in [1.54, 1.807) is 35.2 Å². The van der Waals surface area contributed by atoms with Gasteiger partial charge >= 0.3 is 5.97 Å². The highest BCUT2D eigenvalue weighted by atomic mass is 79.9. The number of benzene rings is 3. The predicted molar refractivity (Wildman–Crippen MR) is 131 cm³/mol. The highest BCUT2D eigenvalue weighted by molar-refractivity contribution is 9.10. The van der Waals surface area contributed by atoms with E-state index in [2.05, 4.69) is 44.0 Å². The second kappa shape index (κ2) is 10.9. The van der Waals surface area contributed by atoms with Crippen LogP contribution in [0.15, 0.2) is 69.6 Å². The smallest absolute Gasteiger partial charge is 0.336 e. The number of aromatic carboxylic acids is 1. The third-order valence-electron chi connectivity index (χ3n) is 5.01. The average molecular weight is 567 g/mol. The van der Waals surface area contributed by atoms with Gasteiger partial charge in [-0.3, -0.25) is 4.79 Å². The number of amides is 1. The van der Waals surface area contributed by atoms with E-state index in [1.165, 1.54) is 11.6 Å². The summed E-state index contributed by atoms with van der Waals surface area (Å²) >= 11 is 6.48. The summed E-state index contributed by atoms with van der Waals surface area (Å²) in [5.74, 6) is -1.11. The molecule has 6 nitrogen and oxygen atoms in total. The Balaban J connectivity index is 0.000000218. The molecule has 4 rings (SSSR count). The van der Waals surface area contributed by atoms with Crippen LogP contribution < -0.4 is 4.90 Å². The van der Waals surface area contributed by atoms with Crippen LogP contribution in [0.2, 0.25) is 0 Å². The maximum atomic E-state index is 12.8. The standard InChI is InChI=1S/C17H13BrN2O.C8H4BrNO2/c18-15-8-7-12(11-19)10-14(15)17(21)20-9-3-5-13-4-1-2-6-16(13)20;9-7-2-1-5(4-10)3-6(7)8(11)12/h1-2,4,6-8,10H,3,5,9H2;1-3H,(H,11,12). The summed E-state index contributed by atoms with van der Waals surface area (Å²) in [6.07, 6.45) is 1.96. The molecule has 0 fully saturated rings. The molecule has 0 unspecified atom stereocenters. The molecule has 0 saturated heterocycles. The van der Waals surface area contributed by atoms with Gasteiger partial charge in [0.15, 0.2) is 0 Å². The number of carboxylic acid groups (broad SMARTS) is 1. The fourth-order valence-corrected chi connectivity index (χ4v) is 4.24. The molecular formula is C25H17Br2N3O3. The van der Waals surface area contributed by atoms with Crippen LogP contribution >= 0.6 is 31.9 Å². The molecule has 0 radical (unpaired) electrons. The molecule has 3 aromatic carbocycles. The van der Waals surface area contributed by atoms with Crippen molar-refractivity contribution >= 4 is 49.4 Å². The Morgan fingerprint density at radius 1 is 0.879 bits per heavy atom. The van der Waals surface area contributed by atoms with Crippen molar-refractivity contribution in [2.45, 2.75) is 12.8 Å². The van der Waals surface area contributed by atoms with Gasteiger partial charge in [0.25, 0.3) is 5.91 Å². The zero-order valence-electron chi connectivity index (χ0n) is 17.3. The van der Waals surface area contributed by atoms with Crippen LogP contribution in [0.5, 0.6) is 0 Å². The van der Waals surface area contributed by atoms with Crippen LogP contribution in [0, 0.1) is 22.7 Å². The third-order valence-corrected chi connectivity index (χ3v) is 6.39. The van der Waals surface area contributed by atoms with Crippen LogP contribution in [-0.4, -0.2) is 23.5 Å². The molecule has 0 atom stereocenters. The molecule has 0 saturated carbocycles. The van der Waals surface area contributed by atoms with Gasteiger partial charge in [0.1, 0.15) is 0 Å². The van der Waals surface area contributed by atoms with Crippen molar-refractivity contribution in [2.75, 3.05) is 11.4 Å². The zero-order valence-corrected chi connectivity index (χ0v) is 20.4. The SMILES string of the molecule is N#Cc1ccc(Br)c(C(=O)N2CCCc3ccccc32)c1.N#Cc1ccc(Br)c(C(=O)O)c1. The minimum atomic E-state index is -1.04. The number of fused-ring (bicyclic) bond motifs is 1. The number of carboxylic acids is 1. The lowest BCUT2D eigenvalue weighted by atomic mass is 10.0. The number of hydrogen-bond donors (Lipinski definition) is 1. The van der Waals surface area contributed by atoms with E-state index in [-0.39, 0.29) is 11.5 Å². The van der Waals surface area contributed by atoms with Crippen molar-refractivity contribution in [2.24, 2.45) is 0 Å². The number of hydrogen-bond acceptors (Lipinski definition) is 4. The molecule has 33 heavy (non-hydrogen) atoms. The third kappa shape index (κ3) is 5.67. The Hall–Kier alpha value is -3.46. The lowest BCUT2D eigenvalue weighted by molar-refractivity contribution is 0.0695. The molecule has 0 bridgehead atoms. The van der Waals surface area contributed by atoms with Crippen molar-refractivity contribution in [1.29, 1.82) is 10.5 Å². The normalized spacial score (nSPS) is 11.8. The highest BCUT2D eigenvalue weighted by Gasteiger charge is 2.24. The maximum absolute atomic E-state index is 12.8. The molecule has 1 aliphatic rings. The minimum absolute atomic E-state index is 0.0638. The van der Waals surface area contributed by atoms with Gasteiger partial charge in [-0.15, -0.1) is 0 Å². The van der Waals surface area contributed by atoms with Crippen LogP contribution in [0.3, 0.4) is 0 Å². The number of para-hydroxylation sites is 1. The number of nitrogens with zero attached hydrogens (tertiary/aromatic N) is 3. The second-order valence-corrected chi connectivity index (χ2v) is 8.82. The first-order valence-electron chi connectivity index (χ1n) is 9.88. The fraction of sp³-hybridized carbons (Fsp3) is 0.120. The van der Waals surface area contributed by atoms with Crippen molar-refractivity contribution in [1.82, 2.24) is 0 Å². The largest absolute Gasteiger partial charge is 0.478 e. The molecule has 0 spiro atoms. The second-order valence-electron chi connectivity index (χ2n) is 7.11. The molecule has 8 heteroatoms. The van der Waals surface area contributed by atoms with E-state index in [1.807, 2.05) is 24.3 Å². The Morgan fingerprint density at radius 3 is 2.06 bits per heavy atom. The first kappa shape index (κ1) is 24.2. The van der Waals surface area contributed by atoms with E-state index < -0.39 is 5.97 Å². The van der Waals surface area contributed by atoms with E-state index in [0.29, 0.717) is 27.7 Å². The first-order chi connectivity index (χ1) is 15.8. The molecule has 3 aromatic rings. The highest BCUT2D eigenvalue weighted by Crippen LogP contribution is 2.30. The van der Waals surface area contributed by atoms with Gasteiger partial charge in [0.05, 0.1) is 34.4 Å². The maximum Gasteiger partial charge on any atom is 0.336 e. The summed E-state index contributed by atoms with van der Waals surface area (Å²) in [5.41, 5.74) is 3.65. The number of aryl methyl sites for hydroxylation is 1. The fourth-order valence-electron chi connectivity index (χ4n) is 3.41. The van der Waals surface area contributed by atoms with E-state index in [9.17, 15) is 9.59 Å². The van der Waals surface area contributed by atoms with E-state index in [0.717, 1.165) is 23.0 Å². The van der Waals surface area contributed by atoms with Crippen molar-refractivity contribution in [3.8, 4) is 12.1 Å². The number of rotatable bonds is 2. The Morgan fingerprint density at radius 2 is 1.45 bits per heavy atom. The minimum Gasteiger partial charge on any atom is -0.478 e. The van der Waals surface area contributed by atoms with Gasteiger partial charge in [0, 0.05) is 21.2 Å². The Kier molecular flexibility index (Phi) is 8.00. The summed E-state index contributed by atoms with van der Waals surface area (Å²) in [7, 11) is 0. The number of carbonyl (C=O) groups excluding carboxylic acids is 1. The van der Waals surface area contributed by atoms with Gasteiger partial charge in [-0.25, -0.2) is 4.79 Å². The predicted octanol–water partition coefficient (Wildman–Crippen LogP) is 5.93. The molecule has 1 aliphatic heterocycles. The van der Waals surface area contributed by atoms with Gasteiger partial charge in [0.2, 0.25) is 0 Å². The number of halogens is 2. The summed E-state index contributed by atoms with van der Waals surface area (Å²) in [5, 5.41) is 26.1. The van der Waals surface area contributed by atoms with Gasteiger partial charge < -0.3 is 10.0 Å². The van der Waals surface area contributed by atoms with Crippen molar-refractivity contribution < 1.29 is 14.7 Å². The summed E-state index contributed by atoms with van der Waals surface area (Å²) < 4.78 is 1.20. The monoisotopic (exact) mass is 565 g/mol. The van der Waals surface area contributed by atoms with Crippen molar-refractivity contribution in [3.63, 3.8) is 0 Å². The lowest BCUT2D eigenvalue weighted by Crippen LogP contribution is -2.35. The number of nitriles is 2. The molecule has 1 amide bonds. The van der Waals surface area contributed by atoms with Crippen LogP contribution in [-0.2, 0) is 6.42 Å². The summed E-state index contributed by atoms with van der Waals surface area (Å²) in [4.78, 5) is 25.2. The molecule has 0 aromatic heterocycles. The van der Waals surface area contributed by atoms with Gasteiger partial charge in [-0.05, 0) is 92.7 Å². The van der Waals surface area contributed by atoms with Gasteiger partial charge in [-0.1, -0.05) is 18.2 Å². The molecule has 1 heterocycles. The van der Waals surface area contributed by atoms with Gasteiger partial charge in [-0.2, -0.15) is 10.5 Å². The van der Waals surface area contributed by atoms with Crippen LogP contribution in [0.25, 0.3) is 0 Å². The number of carbonyl (C=O) groups is 2. The topological polar surface area (TPSA) is 105 Å². The van der Waals surface area contributed by atoms with E-state index in [4.69, 9.17) is 15.6 Å². The molecule has 0 aliphatic carbocycles. The van der Waals surface area contributed by atoms with Crippen LogP contribution in [0.4, 0.5) is 5.69 Å². The quantitative estimate of drug-likeness (QED) is 0.413.